The smallest absolute Gasteiger partial charge is 0.251 e. The maximum atomic E-state index is 13.3. The zero-order valence-corrected chi connectivity index (χ0v) is 18.0. The third kappa shape index (κ3) is 3.90. The van der Waals surface area contributed by atoms with Crippen LogP contribution < -0.4 is 4.74 Å². The summed E-state index contributed by atoms with van der Waals surface area (Å²) >= 11 is 6.04. The number of nitrogens with zero attached hydrogens (tertiary/aromatic N) is 5. The molecule has 0 amide bonds. The van der Waals surface area contributed by atoms with Crippen molar-refractivity contribution in [2.45, 2.75) is 30.6 Å². The Morgan fingerprint density at radius 3 is 2.90 bits per heavy atom. The summed E-state index contributed by atoms with van der Waals surface area (Å²) in [6, 6.07) is 4.54. The second-order valence-electron chi connectivity index (χ2n) is 6.96. The molecule has 1 aliphatic heterocycles. The molecule has 158 valence electrons. The van der Waals surface area contributed by atoms with E-state index < -0.39 is 10.0 Å². The third-order valence-electron chi connectivity index (χ3n) is 5.06. The van der Waals surface area contributed by atoms with Crippen molar-refractivity contribution in [3.8, 4) is 17.2 Å². The zero-order valence-electron chi connectivity index (χ0n) is 16.4. The summed E-state index contributed by atoms with van der Waals surface area (Å²) in [5.74, 6) is 0.747. The highest BCUT2D eigenvalue weighted by Crippen LogP contribution is 2.34. The molecule has 1 aromatic carbocycles. The van der Waals surface area contributed by atoms with Crippen LogP contribution in [0.5, 0.6) is 5.75 Å². The first-order chi connectivity index (χ1) is 14.4. The van der Waals surface area contributed by atoms with Gasteiger partial charge in [0, 0.05) is 24.3 Å². The SMILES string of the molecule is COc1ccc(Cl)cc1S(=O)(=O)N1CCC[C@H](c2nnc(-c3cncnc3C)o2)C1. The highest BCUT2D eigenvalue weighted by atomic mass is 35.5. The van der Waals surface area contributed by atoms with E-state index in [1.807, 2.05) is 6.92 Å². The molecule has 1 fully saturated rings. The molecule has 0 radical (unpaired) electrons. The van der Waals surface area contributed by atoms with Crippen LogP contribution >= 0.6 is 11.6 Å². The average Bonchev–Trinajstić information content (AvgIpc) is 3.24. The molecule has 30 heavy (non-hydrogen) atoms. The topological polar surface area (TPSA) is 111 Å². The van der Waals surface area contributed by atoms with Crippen LogP contribution in [0.25, 0.3) is 11.5 Å². The monoisotopic (exact) mass is 449 g/mol. The van der Waals surface area contributed by atoms with Crippen LogP contribution in [0.4, 0.5) is 0 Å². The lowest BCUT2D eigenvalue weighted by atomic mass is 10.00. The molecule has 1 atom stereocenters. The minimum absolute atomic E-state index is 0.0430. The lowest BCUT2D eigenvalue weighted by Gasteiger charge is -2.30. The molecule has 3 aromatic rings. The minimum Gasteiger partial charge on any atom is -0.495 e. The fourth-order valence-corrected chi connectivity index (χ4v) is 5.40. The standard InChI is InChI=1S/C19H20ClN5O4S/c1-12-15(9-21-11-22-12)19-24-23-18(29-19)13-4-3-7-25(10-13)30(26,27)17-8-14(20)5-6-16(17)28-2/h5-6,8-9,11,13H,3-4,7,10H2,1-2H3/t13-/m0/s1. The minimum atomic E-state index is -3.81. The Bertz CT molecular complexity index is 1170. The van der Waals surface area contributed by atoms with E-state index in [4.69, 9.17) is 20.8 Å². The van der Waals surface area contributed by atoms with Gasteiger partial charge in [-0.15, -0.1) is 10.2 Å². The quantitative estimate of drug-likeness (QED) is 0.584. The molecule has 0 unspecified atom stereocenters. The number of aromatic nitrogens is 4. The molecular weight excluding hydrogens is 430 g/mol. The van der Waals surface area contributed by atoms with Crippen LogP contribution in [0.3, 0.4) is 0 Å². The van der Waals surface area contributed by atoms with Crippen molar-refractivity contribution in [2.75, 3.05) is 20.2 Å². The van der Waals surface area contributed by atoms with E-state index in [1.54, 1.807) is 18.3 Å². The predicted molar refractivity (Wildman–Crippen MR) is 109 cm³/mol. The molecule has 0 N–H and O–H groups in total. The number of sulfonamides is 1. The first-order valence-corrected chi connectivity index (χ1v) is 11.2. The van der Waals surface area contributed by atoms with Crippen molar-refractivity contribution in [3.05, 3.63) is 47.3 Å². The molecule has 0 aliphatic carbocycles. The Balaban J connectivity index is 1.60. The molecule has 0 spiro atoms. The van der Waals surface area contributed by atoms with Gasteiger partial charge in [0.15, 0.2) is 0 Å². The Morgan fingerprint density at radius 2 is 2.13 bits per heavy atom. The van der Waals surface area contributed by atoms with Gasteiger partial charge in [-0.05, 0) is 38.0 Å². The van der Waals surface area contributed by atoms with Gasteiger partial charge in [0.2, 0.25) is 15.9 Å². The van der Waals surface area contributed by atoms with Crippen molar-refractivity contribution < 1.29 is 17.6 Å². The van der Waals surface area contributed by atoms with Crippen molar-refractivity contribution in [1.82, 2.24) is 24.5 Å². The average molecular weight is 450 g/mol. The summed E-state index contributed by atoms with van der Waals surface area (Å²) in [5.41, 5.74) is 1.38. The molecule has 11 heteroatoms. The molecule has 0 bridgehead atoms. The Kier molecular flexibility index (Phi) is 5.72. The van der Waals surface area contributed by atoms with Crippen molar-refractivity contribution in [2.24, 2.45) is 0 Å². The van der Waals surface area contributed by atoms with E-state index in [0.717, 1.165) is 12.1 Å². The van der Waals surface area contributed by atoms with Crippen LogP contribution in [-0.2, 0) is 10.0 Å². The number of rotatable bonds is 5. The fraction of sp³-hybridized carbons (Fsp3) is 0.368. The van der Waals surface area contributed by atoms with Crippen LogP contribution in [0, 0.1) is 6.92 Å². The van der Waals surface area contributed by atoms with Crippen LogP contribution in [0.2, 0.25) is 5.02 Å². The maximum Gasteiger partial charge on any atom is 0.251 e. The number of hydrogen-bond donors (Lipinski definition) is 0. The number of aryl methyl sites for hydroxylation is 1. The summed E-state index contributed by atoms with van der Waals surface area (Å²) < 4.78 is 39.0. The maximum absolute atomic E-state index is 13.3. The van der Waals surface area contributed by atoms with Crippen molar-refractivity contribution >= 4 is 21.6 Å². The van der Waals surface area contributed by atoms with Gasteiger partial charge in [0.05, 0.1) is 24.3 Å². The first-order valence-electron chi connectivity index (χ1n) is 9.34. The second kappa shape index (κ2) is 8.29. The Labute approximate surface area is 179 Å². The molecule has 0 saturated carbocycles. The van der Waals surface area contributed by atoms with Gasteiger partial charge >= 0.3 is 0 Å². The largest absolute Gasteiger partial charge is 0.495 e. The van der Waals surface area contributed by atoms with Gasteiger partial charge in [0.25, 0.3) is 5.89 Å². The van der Waals surface area contributed by atoms with Crippen molar-refractivity contribution in [1.29, 1.82) is 0 Å². The fourth-order valence-electron chi connectivity index (χ4n) is 3.46. The molecule has 4 rings (SSSR count). The number of ether oxygens (including phenoxy) is 1. The normalized spacial score (nSPS) is 17.8. The number of halogens is 1. The number of piperidine rings is 1. The van der Waals surface area contributed by atoms with E-state index in [2.05, 4.69) is 20.2 Å². The van der Waals surface area contributed by atoms with E-state index in [9.17, 15) is 8.42 Å². The highest BCUT2D eigenvalue weighted by molar-refractivity contribution is 7.89. The lowest BCUT2D eigenvalue weighted by molar-refractivity contribution is 0.285. The second-order valence-corrected chi connectivity index (χ2v) is 9.31. The molecule has 3 heterocycles. The van der Waals surface area contributed by atoms with E-state index >= 15 is 0 Å². The van der Waals surface area contributed by atoms with Crippen molar-refractivity contribution in [3.63, 3.8) is 0 Å². The highest BCUT2D eigenvalue weighted by Gasteiger charge is 2.35. The zero-order chi connectivity index (χ0) is 21.3. The summed E-state index contributed by atoms with van der Waals surface area (Å²) in [5, 5.41) is 8.58. The van der Waals surface area contributed by atoms with Gasteiger partial charge in [0.1, 0.15) is 17.0 Å². The van der Waals surface area contributed by atoms with Gasteiger partial charge in [-0.3, -0.25) is 0 Å². The summed E-state index contributed by atoms with van der Waals surface area (Å²) in [6.45, 7) is 2.44. The molecule has 9 nitrogen and oxygen atoms in total. The number of hydrogen-bond acceptors (Lipinski definition) is 8. The van der Waals surface area contributed by atoms with E-state index in [-0.39, 0.29) is 23.1 Å². The number of benzene rings is 1. The molecule has 2 aromatic heterocycles. The van der Waals surface area contributed by atoms with Gasteiger partial charge in [-0.1, -0.05) is 11.6 Å². The lowest BCUT2D eigenvalue weighted by Crippen LogP contribution is -2.39. The molecular formula is C19H20ClN5O4S. The Hall–Kier alpha value is -2.56. The summed E-state index contributed by atoms with van der Waals surface area (Å²) in [7, 11) is -2.38. The van der Waals surface area contributed by atoms with E-state index in [1.165, 1.54) is 23.8 Å². The first kappa shape index (κ1) is 20.7. The third-order valence-corrected chi connectivity index (χ3v) is 7.18. The van der Waals surface area contributed by atoms with Crippen LogP contribution in [0.15, 0.2) is 40.0 Å². The van der Waals surface area contributed by atoms with Gasteiger partial charge < -0.3 is 9.15 Å². The predicted octanol–water partition coefficient (Wildman–Crippen LogP) is 3.07. The van der Waals surface area contributed by atoms with Crippen LogP contribution in [-0.4, -0.2) is 53.1 Å². The van der Waals surface area contributed by atoms with E-state index in [0.29, 0.717) is 35.3 Å². The summed E-state index contributed by atoms with van der Waals surface area (Å²) in [6.07, 6.45) is 4.47. The number of methoxy groups -OCH3 is 1. The molecule has 1 aliphatic rings. The van der Waals surface area contributed by atoms with Crippen LogP contribution in [0.1, 0.15) is 30.3 Å². The Morgan fingerprint density at radius 1 is 1.30 bits per heavy atom. The summed E-state index contributed by atoms with van der Waals surface area (Å²) in [4.78, 5) is 8.17. The van der Waals surface area contributed by atoms with Gasteiger partial charge in [-0.25, -0.2) is 18.4 Å². The van der Waals surface area contributed by atoms with Gasteiger partial charge in [-0.2, -0.15) is 4.31 Å². The molecule has 1 saturated heterocycles.